The number of carboxylic acid groups (broad SMARTS) is 1. The van der Waals surface area contributed by atoms with Gasteiger partial charge in [-0.2, -0.15) is 0 Å². The molecule has 0 aliphatic heterocycles. The van der Waals surface area contributed by atoms with Crippen LogP contribution in [0.15, 0.2) is 36.5 Å². The normalized spacial score (nSPS) is 10.7. The average Bonchev–Trinajstić information content (AvgIpc) is 2.88. The van der Waals surface area contributed by atoms with Gasteiger partial charge in [-0.25, -0.2) is 9.78 Å². The number of thiazole rings is 1. The second-order valence-corrected chi connectivity index (χ2v) is 5.64. The number of nitrogens with zero attached hydrogens (tertiary/aromatic N) is 1. The lowest BCUT2D eigenvalue weighted by atomic mass is 10.1. The molecule has 1 aromatic carbocycles. The maximum Gasteiger partial charge on any atom is 0.328 e. The lowest BCUT2D eigenvalue weighted by Crippen LogP contribution is -2.22. The van der Waals surface area contributed by atoms with Crippen LogP contribution in [0.1, 0.15) is 25.8 Å². The molecule has 1 aromatic heterocycles. The van der Waals surface area contributed by atoms with Gasteiger partial charge in [0, 0.05) is 22.7 Å². The van der Waals surface area contributed by atoms with Crippen LogP contribution in [-0.4, -0.2) is 22.0 Å². The topological polar surface area (TPSA) is 79.3 Å². The zero-order valence-electron chi connectivity index (χ0n) is 11.4. The Bertz CT molecular complexity index is 692. The van der Waals surface area contributed by atoms with Crippen LogP contribution in [0.3, 0.4) is 0 Å². The maximum atomic E-state index is 12.0. The number of aliphatic carboxylic acids is 1. The average molecular weight is 302 g/mol. The molecule has 2 rings (SSSR count). The highest BCUT2D eigenvalue weighted by molar-refractivity contribution is 7.11. The summed E-state index contributed by atoms with van der Waals surface area (Å²) in [6.07, 6.45) is 4.23. The van der Waals surface area contributed by atoms with Gasteiger partial charge in [-0.1, -0.05) is 12.1 Å². The van der Waals surface area contributed by atoms with E-state index in [0.29, 0.717) is 17.7 Å². The third-order valence-electron chi connectivity index (χ3n) is 2.66. The predicted octanol–water partition coefficient (Wildman–Crippen LogP) is 2.48. The molecule has 2 aromatic rings. The molecular formula is C15H14N2O3S. The number of nitrogens with one attached hydrogen (secondary N) is 1. The summed E-state index contributed by atoms with van der Waals surface area (Å²) >= 11 is 1.54. The first-order valence-electron chi connectivity index (χ1n) is 6.25. The summed E-state index contributed by atoms with van der Waals surface area (Å²) in [5.41, 5.74) is 1.16. The van der Waals surface area contributed by atoms with E-state index in [4.69, 9.17) is 5.11 Å². The van der Waals surface area contributed by atoms with Gasteiger partial charge in [-0.15, -0.1) is 11.3 Å². The van der Waals surface area contributed by atoms with E-state index < -0.39 is 5.97 Å². The predicted molar refractivity (Wildman–Crippen MR) is 81.1 cm³/mol. The first kappa shape index (κ1) is 14.9. The second-order valence-electron chi connectivity index (χ2n) is 4.33. The van der Waals surface area contributed by atoms with E-state index in [2.05, 4.69) is 10.3 Å². The van der Waals surface area contributed by atoms with Crippen molar-refractivity contribution in [1.82, 2.24) is 10.3 Å². The van der Waals surface area contributed by atoms with Crippen LogP contribution in [0.4, 0.5) is 0 Å². The Kier molecular flexibility index (Phi) is 4.84. The smallest absolute Gasteiger partial charge is 0.328 e. The van der Waals surface area contributed by atoms with Crippen LogP contribution in [0, 0.1) is 6.92 Å². The van der Waals surface area contributed by atoms with E-state index >= 15 is 0 Å². The highest BCUT2D eigenvalue weighted by Gasteiger charge is 2.06. The summed E-state index contributed by atoms with van der Waals surface area (Å²) in [7, 11) is 0. The number of benzene rings is 1. The molecule has 108 valence electrons. The molecule has 0 fully saturated rings. The van der Waals surface area contributed by atoms with Crippen molar-refractivity contribution < 1.29 is 14.7 Å². The molecule has 0 spiro atoms. The van der Waals surface area contributed by atoms with Gasteiger partial charge >= 0.3 is 5.97 Å². The molecule has 2 N–H and O–H groups in total. The van der Waals surface area contributed by atoms with E-state index in [0.717, 1.165) is 16.0 Å². The number of hydrogen-bond acceptors (Lipinski definition) is 4. The third-order valence-corrected chi connectivity index (χ3v) is 3.57. The summed E-state index contributed by atoms with van der Waals surface area (Å²) in [5, 5.41) is 12.4. The summed E-state index contributed by atoms with van der Waals surface area (Å²) in [4.78, 5) is 27.6. The van der Waals surface area contributed by atoms with Gasteiger partial charge in [0.1, 0.15) is 0 Å². The van der Waals surface area contributed by atoms with Crippen molar-refractivity contribution in [2.45, 2.75) is 13.5 Å². The molecule has 0 bridgehead atoms. The van der Waals surface area contributed by atoms with Crippen molar-refractivity contribution in [1.29, 1.82) is 0 Å². The number of amides is 1. The molecule has 6 heteroatoms. The largest absolute Gasteiger partial charge is 0.478 e. The Hall–Kier alpha value is -2.47. The Morgan fingerprint density at radius 2 is 2.24 bits per heavy atom. The number of aryl methyl sites for hydroxylation is 1. The third kappa shape index (κ3) is 4.54. The van der Waals surface area contributed by atoms with Crippen molar-refractivity contribution >= 4 is 29.3 Å². The lowest BCUT2D eigenvalue weighted by Gasteiger charge is -2.04. The van der Waals surface area contributed by atoms with Gasteiger partial charge in [0.25, 0.3) is 5.91 Å². The van der Waals surface area contributed by atoms with Crippen molar-refractivity contribution in [3.8, 4) is 0 Å². The summed E-state index contributed by atoms with van der Waals surface area (Å²) in [6, 6.07) is 6.79. The van der Waals surface area contributed by atoms with E-state index in [9.17, 15) is 9.59 Å². The standard InChI is InChI=1S/C15H14N2O3S/c1-10-16-8-13(21-10)9-17-15(20)12-4-2-3-11(7-12)5-6-14(18)19/h2-8H,9H2,1H3,(H,17,20)(H,18,19). The SMILES string of the molecule is Cc1ncc(CNC(=O)c2cccc(C=CC(=O)O)c2)s1. The fraction of sp³-hybridized carbons (Fsp3) is 0.133. The van der Waals surface area contributed by atoms with Crippen molar-refractivity contribution in [2.24, 2.45) is 0 Å². The minimum Gasteiger partial charge on any atom is -0.478 e. The van der Waals surface area contributed by atoms with Crippen LogP contribution in [0.25, 0.3) is 6.08 Å². The fourth-order valence-corrected chi connectivity index (χ4v) is 2.44. The summed E-state index contributed by atoms with van der Waals surface area (Å²) in [6.45, 7) is 2.34. The molecule has 0 aliphatic carbocycles. The van der Waals surface area contributed by atoms with Crippen molar-refractivity contribution in [2.75, 3.05) is 0 Å². The number of carboxylic acids is 1. The van der Waals surface area contributed by atoms with E-state index in [1.54, 1.807) is 30.5 Å². The quantitative estimate of drug-likeness (QED) is 0.832. The molecule has 21 heavy (non-hydrogen) atoms. The van der Waals surface area contributed by atoms with Gasteiger partial charge in [-0.05, 0) is 30.7 Å². The second kappa shape index (κ2) is 6.81. The van der Waals surface area contributed by atoms with E-state index in [1.807, 2.05) is 6.92 Å². The van der Waals surface area contributed by atoms with Gasteiger partial charge in [0.15, 0.2) is 0 Å². The minimum absolute atomic E-state index is 0.202. The van der Waals surface area contributed by atoms with Gasteiger partial charge in [0.05, 0.1) is 11.6 Å². The van der Waals surface area contributed by atoms with Gasteiger partial charge in [-0.3, -0.25) is 4.79 Å². The Balaban J connectivity index is 2.02. The van der Waals surface area contributed by atoms with Gasteiger partial charge in [0.2, 0.25) is 0 Å². The van der Waals surface area contributed by atoms with Crippen LogP contribution in [0.5, 0.6) is 0 Å². The zero-order valence-corrected chi connectivity index (χ0v) is 12.2. The minimum atomic E-state index is -1.02. The molecular weight excluding hydrogens is 288 g/mol. The summed E-state index contributed by atoms with van der Waals surface area (Å²) < 4.78 is 0. The van der Waals surface area contributed by atoms with Gasteiger partial charge < -0.3 is 10.4 Å². The lowest BCUT2D eigenvalue weighted by molar-refractivity contribution is -0.131. The Labute approximate surface area is 126 Å². The van der Waals surface area contributed by atoms with E-state index in [1.165, 1.54) is 17.4 Å². The Morgan fingerprint density at radius 1 is 1.43 bits per heavy atom. The molecule has 0 radical (unpaired) electrons. The zero-order chi connectivity index (χ0) is 15.2. The first-order valence-corrected chi connectivity index (χ1v) is 7.07. The fourth-order valence-electron chi connectivity index (χ4n) is 1.71. The first-order chi connectivity index (χ1) is 10.0. The monoisotopic (exact) mass is 302 g/mol. The van der Waals surface area contributed by atoms with E-state index in [-0.39, 0.29) is 5.91 Å². The number of carbonyl (C=O) groups is 2. The number of carbonyl (C=O) groups excluding carboxylic acids is 1. The van der Waals surface area contributed by atoms with Crippen molar-refractivity contribution in [3.63, 3.8) is 0 Å². The van der Waals surface area contributed by atoms with Crippen LogP contribution in [0.2, 0.25) is 0 Å². The van der Waals surface area contributed by atoms with Crippen LogP contribution in [-0.2, 0) is 11.3 Å². The van der Waals surface area contributed by atoms with Crippen molar-refractivity contribution in [3.05, 3.63) is 57.6 Å². The molecule has 1 amide bonds. The highest BCUT2D eigenvalue weighted by atomic mass is 32.1. The molecule has 0 saturated heterocycles. The highest BCUT2D eigenvalue weighted by Crippen LogP contribution is 2.12. The molecule has 0 atom stereocenters. The molecule has 0 saturated carbocycles. The Morgan fingerprint density at radius 3 is 2.90 bits per heavy atom. The number of rotatable bonds is 5. The molecule has 0 unspecified atom stereocenters. The molecule has 5 nitrogen and oxygen atoms in total. The molecule has 1 heterocycles. The number of hydrogen-bond donors (Lipinski definition) is 2. The van der Waals surface area contributed by atoms with Crippen LogP contribution < -0.4 is 5.32 Å². The summed E-state index contributed by atoms with van der Waals surface area (Å²) in [5.74, 6) is -1.22. The molecule has 0 aliphatic rings. The maximum absolute atomic E-state index is 12.0. The van der Waals surface area contributed by atoms with Crippen LogP contribution >= 0.6 is 11.3 Å². The number of aromatic nitrogens is 1.